The van der Waals surface area contributed by atoms with E-state index in [1.54, 1.807) is 24.3 Å². The average molecular weight is 481 g/mol. The number of dihydropyridines is 1. The molecule has 0 aromatic heterocycles. The van der Waals surface area contributed by atoms with Crippen molar-refractivity contribution in [3.8, 4) is 0 Å². The minimum atomic E-state index is -4.95. The maximum atomic E-state index is 13.9. The Balaban J connectivity index is 2.40. The van der Waals surface area contributed by atoms with Crippen molar-refractivity contribution < 1.29 is 31.8 Å². The van der Waals surface area contributed by atoms with Gasteiger partial charge in [-0.2, -0.15) is 13.2 Å². The second-order valence-corrected chi connectivity index (χ2v) is 7.42. The molecule has 0 amide bonds. The van der Waals surface area contributed by atoms with Crippen molar-refractivity contribution in [2.24, 2.45) is 0 Å². The number of nitrogens with zero attached hydrogens (tertiary/aromatic N) is 1. The maximum absolute atomic E-state index is 13.9. The molecule has 1 heterocycles. The fourth-order valence-corrected chi connectivity index (χ4v) is 3.76. The smallest absolute Gasteiger partial charge is 0.416 e. The minimum Gasteiger partial charge on any atom is -0.466 e. The number of hydrogen-bond acceptors (Lipinski definition) is 4. The Bertz CT molecular complexity index is 1180. The monoisotopic (exact) mass is 480 g/mol. The number of methoxy groups -OCH3 is 2. The Labute approximate surface area is 192 Å². The van der Waals surface area contributed by atoms with Crippen LogP contribution in [0.25, 0.3) is 10.5 Å². The largest absolute Gasteiger partial charge is 0.466 e. The van der Waals surface area contributed by atoms with Gasteiger partial charge < -0.3 is 14.8 Å². The lowest BCUT2D eigenvalue weighted by molar-refractivity contribution is -0.139. The molecule has 2 aromatic carbocycles. The fourth-order valence-electron chi connectivity index (χ4n) is 3.63. The summed E-state index contributed by atoms with van der Waals surface area (Å²) in [6.45, 7) is 7.57. The predicted molar refractivity (Wildman–Crippen MR) is 113 cm³/mol. The number of carbonyl (C=O) groups excluding carboxylic acids is 1. The van der Waals surface area contributed by atoms with Crippen molar-refractivity contribution in [2.75, 3.05) is 20.8 Å². The van der Waals surface area contributed by atoms with Crippen LogP contribution in [-0.2, 0) is 20.4 Å². The van der Waals surface area contributed by atoms with Gasteiger partial charge in [0.25, 0.3) is 0 Å². The third kappa shape index (κ3) is 4.87. The zero-order chi connectivity index (χ0) is 24.3. The molecule has 1 N–H and O–H groups in total. The molecule has 0 fully saturated rings. The molecule has 10 heteroatoms. The number of ether oxygens (including phenoxy) is 2. The number of rotatable bonds is 5. The van der Waals surface area contributed by atoms with E-state index in [0.29, 0.717) is 16.7 Å². The molecule has 1 aliphatic heterocycles. The minimum absolute atomic E-state index is 0.115. The fraction of sp³-hybridized carbons (Fsp3) is 0.217. The van der Waals surface area contributed by atoms with Gasteiger partial charge in [-0.3, -0.25) is 0 Å². The first-order chi connectivity index (χ1) is 15.6. The Morgan fingerprint density at radius 1 is 1.18 bits per heavy atom. The lowest BCUT2D eigenvalue weighted by Gasteiger charge is -2.32. The number of alkyl halides is 3. The van der Waals surface area contributed by atoms with E-state index in [-0.39, 0.29) is 29.3 Å². The second-order valence-electron chi connectivity index (χ2n) is 6.98. The third-order valence-corrected chi connectivity index (χ3v) is 5.25. The number of benzene rings is 2. The van der Waals surface area contributed by atoms with Crippen LogP contribution in [0.2, 0.25) is 5.02 Å². The Hall–Kier alpha value is -3.35. The van der Waals surface area contributed by atoms with Gasteiger partial charge in [-0.05, 0) is 35.4 Å². The van der Waals surface area contributed by atoms with Gasteiger partial charge in [0.15, 0.2) is 0 Å². The van der Waals surface area contributed by atoms with Crippen LogP contribution in [0.5, 0.6) is 0 Å². The standard InChI is InChI=1S/C23H17ClF4N2O3/c1-29-21-18(15-9-8-14(25)10-16(15)23(26,27)28)19(22(31)33-3)17(11-32-2)30-20(21)12-4-6-13(24)7-5-12/h4-10,18,30H,11H2,2-3H3. The average Bonchev–Trinajstić information content (AvgIpc) is 2.78. The molecule has 0 bridgehead atoms. The van der Waals surface area contributed by atoms with E-state index in [1.807, 2.05) is 0 Å². The first-order valence-corrected chi connectivity index (χ1v) is 9.81. The molecule has 172 valence electrons. The summed E-state index contributed by atoms with van der Waals surface area (Å²) in [5.74, 6) is -3.55. The van der Waals surface area contributed by atoms with Crippen molar-refractivity contribution in [2.45, 2.75) is 12.1 Å². The molecule has 2 aromatic rings. The van der Waals surface area contributed by atoms with Crippen molar-refractivity contribution >= 4 is 23.3 Å². The van der Waals surface area contributed by atoms with E-state index in [4.69, 9.17) is 27.6 Å². The SMILES string of the molecule is [C-]#[N+]C1=C(c2ccc(Cl)cc2)NC(COC)=C(C(=O)OC)C1c1ccc(F)cc1C(F)(F)F. The van der Waals surface area contributed by atoms with Crippen LogP contribution in [0.3, 0.4) is 0 Å². The summed E-state index contributed by atoms with van der Waals surface area (Å²) < 4.78 is 65.4. The summed E-state index contributed by atoms with van der Waals surface area (Å²) in [6.07, 6.45) is -4.95. The Kier molecular flexibility index (Phi) is 7.10. The van der Waals surface area contributed by atoms with Crippen molar-refractivity contribution in [3.05, 3.63) is 98.4 Å². The molecule has 0 spiro atoms. The van der Waals surface area contributed by atoms with Crippen LogP contribution in [-0.4, -0.2) is 26.8 Å². The van der Waals surface area contributed by atoms with Gasteiger partial charge in [-0.1, -0.05) is 29.8 Å². The number of carbonyl (C=O) groups is 1. The van der Waals surface area contributed by atoms with Gasteiger partial charge in [0.05, 0.1) is 43.0 Å². The summed E-state index contributed by atoms with van der Waals surface area (Å²) in [5.41, 5.74) is -1.47. The molecule has 0 radical (unpaired) electrons. The number of halogens is 5. The molecule has 33 heavy (non-hydrogen) atoms. The van der Waals surface area contributed by atoms with E-state index in [1.165, 1.54) is 7.11 Å². The first-order valence-electron chi connectivity index (χ1n) is 9.43. The highest BCUT2D eigenvalue weighted by molar-refractivity contribution is 6.30. The molecule has 5 nitrogen and oxygen atoms in total. The van der Waals surface area contributed by atoms with E-state index >= 15 is 0 Å². The Morgan fingerprint density at radius 3 is 2.39 bits per heavy atom. The van der Waals surface area contributed by atoms with Gasteiger partial charge in [0.2, 0.25) is 5.70 Å². The molecule has 0 saturated carbocycles. The number of esters is 1. The molecular weight excluding hydrogens is 464 g/mol. The van der Waals surface area contributed by atoms with Crippen LogP contribution in [0.1, 0.15) is 22.6 Å². The lowest BCUT2D eigenvalue weighted by Crippen LogP contribution is -2.32. The number of allylic oxidation sites excluding steroid dienone is 1. The summed E-state index contributed by atoms with van der Waals surface area (Å²) >= 11 is 5.95. The zero-order valence-electron chi connectivity index (χ0n) is 17.4. The first kappa shape index (κ1) is 24.3. The summed E-state index contributed by atoms with van der Waals surface area (Å²) in [6, 6.07) is 8.37. The topological polar surface area (TPSA) is 51.9 Å². The normalized spacial score (nSPS) is 16.4. The van der Waals surface area contributed by atoms with Gasteiger partial charge in [0.1, 0.15) is 5.82 Å². The van der Waals surface area contributed by atoms with Crippen molar-refractivity contribution in [1.29, 1.82) is 0 Å². The predicted octanol–water partition coefficient (Wildman–Crippen LogP) is 5.55. The summed E-state index contributed by atoms with van der Waals surface area (Å²) in [7, 11) is 2.41. The van der Waals surface area contributed by atoms with Crippen LogP contribution in [0, 0.1) is 12.4 Å². The highest BCUT2D eigenvalue weighted by atomic mass is 35.5. The summed E-state index contributed by atoms with van der Waals surface area (Å²) in [4.78, 5) is 16.2. The van der Waals surface area contributed by atoms with Crippen molar-refractivity contribution in [3.63, 3.8) is 0 Å². The quantitative estimate of drug-likeness (QED) is 0.346. The van der Waals surface area contributed by atoms with Gasteiger partial charge in [0, 0.05) is 17.8 Å². The highest BCUT2D eigenvalue weighted by Crippen LogP contribution is 2.46. The molecule has 0 aliphatic carbocycles. The molecule has 1 unspecified atom stereocenters. The van der Waals surface area contributed by atoms with Gasteiger partial charge in [-0.15, -0.1) is 0 Å². The van der Waals surface area contributed by atoms with Crippen LogP contribution < -0.4 is 5.32 Å². The molecular formula is C23H17ClF4N2O3. The highest BCUT2D eigenvalue weighted by Gasteiger charge is 2.43. The lowest BCUT2D eigenvalue weighted by atomic mass is 9.80. The second kappa shape index (κ2) is 9.65. The molecule has 1 aliphatic rings. The van der Waals surface area contributed by atoms with E-state index in [0.717, 1.165) is 19.2 Å². The van der Waals surface area contributed by atoms with Crippen LogP contribution in [0.15, 0.2) is 59.4 Å². The maximum Gasteiger partial charge on any atom is 0.416 e. The van der Waals surface area contributed by atoms with E-state index < -0.39 is 35.0 Å². The summed E-state index contributed by atoms with van der Waals surface area (Å²) in [5, 5.41) is 3.36. The zero-order valence-corrected chi connectivity index (χ0v) is 18.1. The van der Waals surface area contributed by atoms with Gasteiger partial charge in [-0.25, -0.2) is 14.0 Å². The van der Waals surface area contributed by atoms with Crippen molar-refractivity contribution in [1.82, 2.24) is 5.32 Å². The van der Waals surface area contributed by atoms with Crippen LogP contribution in [0.4, 0.5) is 17.6 Å². The molecule has 0 saturated heterocycles. The van der Waals surface area contributed by atoms with E-state index in [2.05, 4.69) is 10.2 Å². The third-order valence-electron chi connectivity index (χ3n) is 5.00. The van der Waals surface area contributed by atoms with Crippen LogP contribution >= 0.6 is 11.6 Å². The van der Waals surface area contributed by atoms with E-state index in [9.17, 15) is 22.4 Å². The Morgan fingerprint density at radius 2 is 1.85 bits per heavy atom. The molecule has 1 atom stereocenters. The van der Waals surface area contributed by atoms with Gasteiger partial charge >= 0.3 is 12.1 Å². The molecule has 3 rings (SSSR count). The number of hydrogen-bond donors (Lipinski definition) is 1. The number of nitrogens with one attached hydrogen (secondary N) is 1.